The van der Waals surface area contributed by atoms with Crippen LogP contribution in [0.5, 0.6) is 0 Å². The zero-order chi connectivity index (χ0) is 14.8. The lowest BCUT2D eigenvalue weighted by Gasteiger charge is -2.20. The van der Waals surface area contributed by atoms with Crippen LogP contribution in [-0.4, -0.2) is 23.9 Å². The largest absolute Gasteiger partial charge is 0.451 e. The molecule has 0 fully saturated rings. The summed E-state index contributed by atoms with van der Waals surface area (Å²) < 4.78 is 5.42. The lowest BCUT2D eigenvalue weighted by Crippen LogP contribution is -2.45. The van der Waals surface area contributed by atoms with Gasteiger partial charge < -0.3 is 15.1 Å². The number of para-hydroxylation sites is 1. The van der Waals surface area contributed by atoms with E-state index in [0.717, 1.165) is 5.39 Å². The maximum Gasteiger partial charge on any atom is 0.287 e. The molecule has 0 spiro atoms. The van der Waals surface area contributed by atoms with E-state index in [0.29, 0.717) is 5.58 Å². The lowest BCUT2D eigenvalue weighted by atomic mass is 10.1. The standard InChI is InChI=1S/C15H18N2O3/c1-15(2,3)17-13(18)9-16-14(19)12-8-10-6-4-5-7-11(10)20-12/h4-8H,9H2,1-3H3,(H,16,19)(H,17,18). The Morgan fingerprint density at radius 2 is 1.90 bits per heavy atom. The van der Waals surface area contributed by atoms with Crippen LogP contribution in [0.1, 0.15) is 31.3 Å². The molecular weight excluding hydrogens is 256 g/mol. The van der Waals surface area contributed by atoms with Crippen LogP contribution in [0, 0.1) is 0 Å². The Bertz CT molecular complexity index is 605. The SMILES string of the molecule is CC(C)(C)NC(=O)CNC(=O)c1cc2ccccc2o1. The highest BCUT2D eigenvalue weighted by Crippen LogP contribution is 2.18. The van der Waals surface area contributed by atoms with Gasteiger partial charge >= 0.3 is 0 Å². The molecule has 1 aromatic carbocycles. The van der Waals surface area contributed by atoms with Crippen molar-refractivity contribution in [2.75, 3.05) is 6.54 Å². The van der Waals surface area contributed by atoms with Crippen LogP contribution in [0.15, 0.2) is 34.7 Å². The van der Waals surface area contributed by atoms with Gasteiger partial charge in [0.1, 0.15) is 5.58 Å². The highest BCUT2D eigenvalue weighted by atomic mass is 16.3. The quantitative estimate of drug-likeness (QED) is 0.900. The molecule has 2 rings (SSSR count). The molecule has 106 valence electrons. The molecule has 0 radical (unpaired) electrons. The third kappa shape index (κ3) is 3.60. The number of carbonyl (C=O) groups is 2. The van der Waals surface area contributed by atoms with Crippen LogP contribution >= 0.6 is 0 Å². The summed E-state index contributed by atoms with van der Waals surface area (Å²) in [7, 11) is 0. The maximum absolute atomic E-state index is 11.9. The number of fused-ring (bicyclic) bond motifs is 1. The molecular formula is C15H18N2O3. The van der Waals surface area contributed by atoms with E-state index >= 15 is 0 Å². The summed E-state index contributed by atoms with van der Waals surface area (Å²) >= 11 is 0. The van der Waals surface area contributed by atoms with Crippen molar-refractivity contribution in [2.24, 2.45) is 0 Å². The van der Waals surface area contributed by atoms with Crippen molar-refractivity contribution in [3.8, 4) is 0 Å². The van der Waals surface area contributed by atoms with E-state index in [9.17, 15) is 9.59 Å². The van der Waals surface area contributed by atoms with Crippen molar-refractivity contribution in [1.29, 1.82) is 0 Å². The van der Waals surface area contributed by atoms with Gasteiger partial charge in [-0.2, -0.15) is 0 Å². The van der Waals surface area contributed by atoms with Gasteiger partial charge in [-0.15, -0.1) is 0 Å². The van der Waals surface area contributed by atoms with Crippen molar-refractivity contribution in [2.45, 2.75) is 26.3 Å². The van der Waals surface area contributed by atoms with Gasteiger partial charge in [-0.05, 0) is 32.9 Å². The Labute approximate surface area is 117 Å². The van der Waals surface area contributed by atoms with E-state index < -0.39 is 5.91 Å². The molecule has 5 heteroatoms. The Morgan fingerprint density at radius 1 is 1.20 bits per heavy atom. The Morgan fingerprint density at radius 3 is 2.55 bits per heavy atom. The van der Waals surface area contributed by atoms with Crippen LogP contribution in [0.4, 0.5) is 0 Å². The predicted octanol–water partition coefficient (Wildman–Crippen LogP) is 2.08. The molecule has 2 amide bonds. The van der Waals surface area contributed by atoms with Gasteiger partial charge in [0.2, 0.25) is 5.91 Å². The van der Waals surface area contributed by atoms with Gasteiger partial charge in [-0.1, -0.05) is 18.2 Å². The van der Waals surface area contributed by atoms with Gasteiger partial charge in [0, 0.05) is 10.9 Å². The topological polar surface area (TPSA) is 71.3 Å². The highest BCUT2D eigenvalue weighted by Gasteiger charge is 2.16. The Balaban J connectivity index is 1.97. The van der Waals surface area contributed by atoms with Crippen LogP contribution in [0.25, 0.3) is 11.0 Å². The number of hydrogen-bond acceptors (Lipinski definition) is 3. The molecule has 1 aromatic heterocycles. The maximum atomic E-state index is 11.9. The summed E-state index contributed by atoms with van der Waals surface area (Å²) in [6.07, 6.45) is 0. The van der Waals surface area contributed by atoms with Crippen LogP contribution < -0.4 is 10.6 Å². The van der Waals surface area contributed by atoms with Gasteiger partial charge in [0.15, 0.2) is 5.76 Å². The smallest absolute Gasteiger partial charge is 0.287 e. The number of furan rings is 1. The predicted molar refractivity (Wildman–Crippen MR) is 76.4 cm³/mol. The summed E-state index contributed by atoms with van der Waals surface area (Å²) in [6.45, 7) is 5.57. The minimum atomic E-state index is -0.398. The normalized spacial score (nSPS) is 11.3. The first-order chi connectivity index (χ1) is 9.35. The minimum absolute atomic E-state index is 0.0762. The summed E-state index contributed by atoms with van der Waals surface area (Å²) in [6, 6.07) is 9.02. The molecule has 0 aliphatic heterocycles. The molecule has 0 unspecified atom stereocenters. The van der Waals surface area contributed by atoms with E-state index in [1.807, 2.05) is 39.0 Å². The zero-order valence-corrected chi connectivity index (χ0v) is 11.8. The second kappa shape index (κ2) is 5.36. The first-order valence-corrected chi connectivity index (χ1v) is 6.43. The Kier molecular flexibility index (Phi) is 3.79. The first kappa shape index (κ1) is 14.1. The third-order valence-electron chi connectivity index (χ3n) is 2.57. The summed E-state index contributed by atoms with van der Waals surface area (Å²) in [5.41, 5.74) is 0.332. The second-order valence-corrected chi connectivity index (χ2v) is 5.63. The molecule has 0 aliphatic rings. The minimum Gasteiger partial charge on any atom is -0.451 e. The van der Waals surface area contributed by atoms with Crippen LogP contribution in [0.2, 0.25) is 0 Å². The number of nitrogens with one attached hydrogen (secondary N) is 2. The van der Waals surface area contributed by atoms with E-state index in [4.69, 9.17) is 4.42 Å². The second-order valence-electron chi connectivity index (χ2n) is 5.63. The highest BCUT2D eigenvalue weighted by molar-refractivity contribution is 5.97. The van der Waals surface area contributed by atoms with Crippen LogP contribution in [0.3, 0.4) is 0 Å². The van der Waals surface area contributed by atoms with Crippen molar-refractivity contribution < 1.29 is 14.0 Å². The molecule has 2 aromatic rings. The summed E-state index contributed by atoms with van der Waals surface area (Å²) in [5.74, 6) is -0.429. The van der Waals surface area contributed by atoms with Crippen LogP contribution in [-0.2, 0) is 4.79 Å². The third-order valence-corrected chi connectivity index (χ3v) is 2.57. The fourth-order valence-corrected chi connectivity index (χ4v) is 1.80. The molecule has 0 saturated heterocycles. The van der Waals surface area contributed by atoms with Gasteiger partial charge in [0.05, 0.1) is 6.54 Å². The lowest BCUT2D eigenvalue weighted by molar-refractivity contribution is -0.121. The monoisotopic (exact) mass is 274 g/mol. The van der Waals surface area contributed by atoms with E-state index in [1.165, 1.54) is 0 Å². The van der Waals surface area contributed by atoms with Crippen molar-refractivity contribution in [3.63, 3.8) is 0 Å². The van der Waals surface area contributed by atoms with Gasteiger partial charge in [0.25, 0.3) is 5.91 Å². The number of benzene rings is 1. The van der Waals surface area contributed by atoms with Crippen molar-refractivity contribution in [3.05, 3.63) is 36.1 Å². The molecule has 20 heavy (non-hydrogen) atoms. The number of amides is 2. The summed E-state index contributed by atoms with van der Waals surface area (Å²) in [4.78, 5) is 23.5. The molecule has 0 saturated carbocycles. The average molecular weight is 274 g/mol. The number of rotatable bonds is 3. The molecule has 1 heterocycles. The Hall–Kier alpha value is -2.30. The number of hydrogen-bond donors (Lipinski definition) is 2. The van der Waals surface area contributed by atoms with Gasteiger partial charge in [-0.25, -0.2) is 0 Å². The molecule has 0 aliphatic carbocycles. The summed E-state index contributed by atoms with van der Waals surface area (Å²) in [5, 5.41) is 6.16. The average Bonchev–Trinajstić information content (AvgIpc) is 2.77. The number of carbonyl (C=O) groups excluding carboxylic acids is 2. The van der Waals surface area contributed by atoms with Gasteiger partial charge in [-0.3, -0.25) is 9.59 Å². The zero-order valence-electron chi connectivity index (χ0n) is 11.8. The van der Waals surface area contributed by atoms with E-state index in [1.54, 1.807) is 12.1 Å². The molecule has 0 atom stereocenters. The van der Waals surface area contributed by atoms with E-state index in [2.05, 4.69) is 10.6 Å². The molecule has 5 nitrogen and oxygen atoms in total. The molecule has 2 N–H and O–H groups in total. The van der Waals surface area contributed by atoms with E-state index in [-0.39, 0.29) is 23.8 Å². The first-order valence-electron chi connectivity index (χ1n) is 6.43. The van der Waals surface area contributed by atoms with Crippen molar-refractivity contribution in [1.82, 2.24) is 10.6 Å². The fraction of sp³-hybridized carbons (Fsp3) is 0.333. The fourth-order valence-electron chi connectivity index (χ4n) is 1.80. The molecule has 0 bridgehead atoms. The van der Waals surface area contributed by atoms with Crippen molar-refractivity contribution >= 4 is 22.8 Å².